The second-order valence-corrected chi connectivity index (χ2v) is 3.86. The van der Waals surface area contributed by atoms with Gasteiger partial charge in [0.25, 0.3) is 0 Å². The maximum absolute atomic E-state index is 11.1. The summed E-state index contributed by atoms with van der Waals surface area (Å²) in [7, 11) is 1.76. The van der Waals surface area contributed by atoms with E-state index in [0.717, 1.165) is 0 Å². The van der Waals surface area contributed by atoms with E-state index in [1.807, 2.05) is 0 Å². The molecule has 2 rings (SSSR count). The molecule has 0 fully saturated rings. The highest BCUT2D eigenvalue weighted by molar-refractivity contribution is 5.92. The third-order valence-electron chi connectivity index (χ3n) is 2.49. The Morgan fingerprint density at radius 2 is 2.33 bits per heavy atom. The smallest absolute Gasteiger partial charge is 0.358 e. The Kier molecular flexibility index (Phi) is 3.38. The summed E-state index contributed by atoms with van der Waals surface area (Å²) in [6.07, 6.45) is 4.02. The van der Waals surface area contributed by atoms with Crippen molar-refractivity contribution >= 4 is 5.97 Å². The summed E-state index contributed by atoms with van der Waals surface area (Å²) >= 11 is 0. The van der Waals surface area contributed by atoms with Gasteiger partial charge in [-0.2, -0.15) is 5.10 Å². The van der Waals surface area contributed by atoms with E-state index in [0.29, 0.717) is 30.8 Å². The lowest BCUT2D eigenvalue weighted by molar-refractivity contribution is 0.0691. The second kappa shape index (κ2) is 4.96. The van der Waals surface area contributed by atoms with Crippen LogP contribution < -0.4 is 5.73 Å². The van der Waals surface area contributed by atoms with Crippen molar-refractivity contribution in [2.45, 2.75) is 13.0 Å². The quantitative estimate of drug-likeness (QED) is 0.755. The van der Waals surface area contributed by atoms with Gasteiger partial charge in [0.05, 0.1) is 6.20 Å². The molecule has 96 valence electrons. The molecular formula is C10H14N6O2. The molecule has 0 saturated heterocycles. The normalized spacial score (nSPS) is 10.8. The average Bonchev–Trinajstić information content (AvgIpc) is 2.91. The largest absolute Gasteiger partial charge is 0.476 e. The van der Waals surface area contributed by atoms with Gasteiger partial charge in [-0.3, -0.25) is 4.68 Å². The van der Waals surface area contributed by atoms with E-state index in [-0.39, 0.29) is 5.69 Å². The Morgan fingerprint density at radius 3 is 2.89 bits per heavy atom. The highest BCUT2D eigenvalue weighted by Crippen LogP contribution is 2.21. The van der Waals surface area contributed by atoms with E-state index in [1.165, 1.54) is 0 Å². The van der Waals surface area contributed by atoms with Crippen LogP contribution in [0, 0.1) is 0 Å². The van der Waals surface area contributed by atoms with Gasteiger partial charge in [-0.05, 0) is 13.0 Å². The summed E-state index contributed by atoms with van der Waals surface area (Å²) in [5.74, 6) is -1.10. The summed E-state index contributed by atoms with van der Waals surface area (Å²) in [4.78, 5) is 11.1. The predicted molar refractivity (Wildman–Crippen MR) is 62.9 cm³/mol. The fraction of sp³-hybridized carbons (Fsp3) is 0.400. The van der Waals surface area contributed by atoms with Crippen molar-refractivity contribution in [3.05, 3.63) is 18.1 Å². The first-order valence-corrected chi connectivity index (χ1v) is 5.49. The van der Waals surface area contributed by atoms with Gasteiger partial charge in [0.2, 0.25) is 0 Å². The number of rotatable bonds is 5. The van der Waals surface area contributed by atoms with Gasteiger partial charge in [0.15, 0.2) is 5.69 Å². The topological polar surface area (TPSA) is 112 Å². The molecule has 8 heteroatoms. The zero-order chi connectivity index (χ0) is 13.1. The number of carboxylic acid groups (broad SMARTS) is 1. The molecule has 18 heavy (non-hydrogen) atoms. The number of carboxylic acids is 1. The minimum Gasteiger partial charge on any atom is -0.476 e. The van der Waals surface area contributed by atoms with Crippen molar-refractivity contribution < 1.29 is 9.90 Å². The monoisotopic (exact) mass is 250 g/mol. The minimum absolute atomic E-state index is 0.0694. The lowest BCUT2D eigenvalue weighted by Gasteiger charge is -2.03. The summed E-state index contributed by atoms with van der Waals surface area (Å²) < 4.78 is 3.15. The average molecular weight is 250 g/mol. The molecule has 0 amide bonds. The van der Waals surface area contributed by atoms with Crippen LogP contribution in [-0.2, 0) is 13.6 Å². The van der Waals surface area contributed by atoms with Crippen molar-refractivity contribution in [3.63, 3.8) is 0 Å². The van der Waals surface area contributed by atoms with Crippen LogP contribution in [0.2, 0.25) is 0 Å². The third-order valence-corrected chi connectivity index (χ3v) is 2.49. The fourth-order valence-electron chi connectivity index (χ4n) is 1.68. The molecule has 0 unspecified atom stereocenters. The van der Waals surface area contributed by atoms with Crippen LogP contribution >= 0.6 is 0 Å². The molecular weight excluding hydrogens is 236 g/mol. The Hall–Kier alpha value is -2.22. The number of carbonyl (C=O) groups is 1. The molecule has 0 spiro atoms. The molecule has 8 nitrogen and oxygen atoms in total. The molecule has 3 N–H and O–H groups in total. The van der Waals surface area contributed by atoms with Gasteiger partial charge in [-0.15, -0.1) is 5.10 Å². The van der Waals surface area contributed by atoms with Gasteiger partial charge < -0.3 is 10.8 Å². The molecule has 0 saturated carbocycles. The molecule has 0 radical (unpaired) electrons. The van der Waals surface area contributed by atoms with Gasteiger partial charge in [0.1, 0.15) is 5.69 Å². The van der Waals surface area contributed by atoms with Gasteiger partial charge in [-0.25, -0.2) is 9.48 Å². The summed E-state index contributed by atoms with van der Waals surface area (Å²) in [6.45, 7) is 1.04. The molecule has 0 aliphatic carbocycles. The maximum atomic E-state index is 11.1. The minimum atomic E-state index is -1.10. The van der Waals surface area contributed by atoms with E-state index >= 15 is 0 Å². The van der Waals surface area contributed by atoms with Crippen LogP contribution in [-0.4, -0.2) is 42.4 Å². The van der Waals surface area contributed by atoms with Crippen molar-refractivity contribution in [1.82, 2.24) is 24.8 Å². The SMILES string of the molecule is Cn1cc(-c2c(C(=O)O)nnn2CCCN)cn1. The van der Waals surface area contributed by atoms with E-state index in [4.69, 9.17) is 10.8 Å². The Balaban J connectivity index is 2.46. The van der Waals surface area contributed by atoms with E-state index in [9.17, 15) is 4.79 Å². The summed E-state index contributed by atoms with van der Waals surface area (Å²) in [5.41, 5.74) is 6.51. The van der Waals surface area contributed by atoms with Gasteiger partial charge in [-0.1, -0.05) is 5.21 Å². The van der Waals surface area contributed by atoms with Crippen LogP contribution in [0.15, 0.2) is 12.4 Å². The molecule has 0 bridgehead atoms. The standard InChI is InChI=1S/C10H14N6O2/c1-15-6-7(5-12-15)9-8(10(17)18)13-14-16(9)4-2-3-11/h5-6H,2-4,11H2,1H3,(H,17,18). The molecule has 2 heterocycles. The van der Waals surface area contributed by atoms with Crippen molar-refractivity contribution in [1.29, 1.82) is 0 Å². The summed E-state index contributed by atoms with van der Waals surface area (Å²) in [5, 5.41) is 20.7. The van der Waals surface area contributed by atoms with Crippen LogP contribution in [0.3, 0.4) is 0 Å². The third kappa shape index (κ3) is 2.23. The highest BCUT2D eigenvalue weighted by atomic mass is 16.4. The van der Waals surface area contributed by atoms with E-state index in [1.54, 1.807) is 28.8 Å². The first kappa shape index (κ1) is 12.2. The van der Waals surface area contributed by atoms with E-state index in [2.05, 4.69) is 15.4 Å². The zero-order valence-corrected chi connectivity index (χ0v) is 9.94. The van der Waals surface area contributed by atoms with Crippen LogP contribution in [0.1, 0.15) is 16.9 Å². The van der Waals surface area contributed by atoms with Crippen LogP contribution in [0.5, 0.6) is 0 Å². The Labute approximate surface area is 103 Å². The number of nitrogens with zero attached hydrogens (tertiary/aromatic N) is 5. The molecule has 0 aliphatic rings. The number of aromatic nitrogens is 5. The molecule has 0 aliphatic heterocycles. The number of aromatic carboxylic acids is 1. The Bertz CT molecular complexity index is 558. The first-order chi connectivity index (χ1) is 8.63. The van der Waals surface area contributed by atoms with Crippen molar-refractivity contribution in [2.75, 3.05) is 6.54 Å². The molecule has 2 aromatic rings. The van der Waals surface area contributed by atoms with Crippen LogP contribution in [0.4, 0.5) is 0 Å². The zero-order valence-electron chi connectivity index (χ0n) is 9.94. The molecule has 0 atom stereocenters. The van der Waals surface area contributed by atoms with Crippen LogP contribution in [0.25, 0.3) is 11.3 Å². The van der Waals surface area contributed by atoms with Gasteiger partial charge in [0, 0.05) is 25.4 Å². The number of aryl methyl sites for hydroxylation is 2. The number of hydrogen-bond acceptors (Lipinski definition) is 5. The number of nitrogens with two attached hydrogens (primary N) is 1. The van der Waals surface area contributed by atoms with E-state index < -0.39 is 5.97 Å². The fourth-order valence-corrected chi connectivity index (χ4v) is 1.68. The lowest BCUT2D eigenvalue weighted by atomic mass is 10.2. The molecule has 0 aromatic carbocycles. The summed E-state index contributed by atoms with van der Waals surface area (Å²) in [6, 6.07) is 0. The van der Waals surface area contributed by atoms with Gasteiger partial charge >= 0.3 is 5.97 Å². The second-order valence-electron chi connectivity index (χ2n) is 3.86. The predicted octanol–water partition coefficient (Wildman–Crippen LogP) is -0.274. The van der Waals surface area contributed by atoms with Crippen molar-refractivity contribution in [2.24, 2.45) is 12.8 Å². The lowest BCUT2D eigenvalue weighted by Crippen LogP contribution is -2.09. The van der Waals surface area contributed by atoms with Crippen molar-refractivity contribution in [3.8, 4) is 11.3 Å². The maximum Gasteiger partial charge on any atom is 0.358 e. The first-order valence-electron chi connectivity index (χ1n) is 5.49. The Morgan fingerprint density at radius 1 is 1.56 bits per heavy atom. The molecule has 2 aromatic heterocycles. The number of hydrogen-bond donors (Lipinski definition) is 2. The highest BCUT2D eigenvalue weighted by Gasteiger charge is 2.21.